The van der Waals surface area contributed by atoms with E-state index in [0.717, 1.165) is 18.4 Å². The maximum Gasteiger partial charge on any atom is 0.123 e. The molecule has 3 heteroatoms. The van der Waals surface area contributed by atoms with Gasteiger partial charge in [0.25, 0.3) is 0 Å². The maximum atomic E-state index is 12.6. The third-order valence-electron chi connectivity index (χ3n) is 2.12. The highest BCUT2D eigenvalue weighted by molar-refractivity contribution is 6.17. The van der Waals surface area contributed by atoms with Crippen molar-refractivity contribution in [2.45, 2.75) is 25.4 Å². The molecule has 1 atom stereocenters. The first-order valence-electron chi connectivity index (χ1n) is 4.73. The van der Waals surface area contributed by atoms with Crippen LogP contribution in [0.25, 0.3) is 0 Å². The molecule has 0 spiro atoms. The number of unbranched alkanes of at least 4 members (excludes halogenated alkanes) is 1. The smallest absolute Gasteiger partial charge is 0.123 e. The van der Waals surface area contributed by atoms with Crippen LogP contribution in [0.2, 0.25) is 0 Å². The van der Waals surface area contributed by atoms with Gasteiger partial charge in [0.05, 0.1) is 6.10 Å². The van der Waals surface area contributed by atoms with Crippen LogP contribution >= 0.6 is 11.6 Å². The third-order valence-corrected chi connectivity index (χ3v) is 2.38. The fourth-order valence-corrected chi connectivity index (χ4v) is 1.47. The van der Waals surface area contributed by atoms with Crippen molar-refractivity contribution in [1.82, 2.24) is 0 Å². The minimum absolute atomic E-state index is 0.276. The van der Waals surface area contributed by atoms with Crippen molar-refractivity contribution in [3.8, 4) is 0 Å². The van der Waals surface area contributed by atoms with Crippen LogP contribution in [0.1, 0.15) is 30.9 Å². The minimum Gasteiger partial charge on any atom is -0.388 e. The summed E-state index contributed by atoms with van der Waals surface area (Å²) in [6.45, 7) is 0. The van der Waals surface area contributed by atoms with Gasteiger partial charge in [-0.25, -0.2) is 4.39 Å². The number of aliphatic hydroxyl groups excluding tert-OH is 1. The number of hydrogen-bond acceptors (Lipinski definition) is 1. The van der Waals surface area contributed by atoms with Crippen molar-refractivity contribution in [3.63, 3.8) is 0 Å². The average molecular weight is 217 g/mol. The van der Waals surface area contributed by atoms with Gasteiger partial charge in [0.15, 0.2) is 0 Å². The fourth-order valence-electron chi connectivity index (χ4n) is 1.28. The van der Waals surface area contributed by atoms with Gasteiger partial charge in [0.2, 0.25) is 0 Å². The van der Waals surface area contributed by atoms with Crippen LogP contribution in [-0.2, 0) is 0 Å². The average Bonchev–Trinajstić information content (AvgIpc) is 2.19. The SMILES string of the molecule is OC(CCCCCl)c1ccc(F)cc1. The van der Waals surface area contributed by atoms with Crippen LogP contribution in [0.3, 0.4) is 0 Å². The summed E-state index contributed by atoms with van der Waals surface area (Å²) in [5.41, 5.74) is 0.765. The molecule has 0 aliphatic heterocycles. The van der Waals surface area contributed by atoms with Gasteiger partial charge in [-0.2, -0.15) is 0 Å². The molecule has 0 fully saturated rings. The zero-order chi connectivity index (χ0) is 10.4. The Hall–Kier alpha value is -0.600. The van der Waals surface area contributed by atoms with E-state index in [1.165, 1.54) is 12.1 Å². The Kier molecular flexibility index (Phi) is 4.91. The standard InChI is InChI=1S/C11H14ClFO/c12-8-2-1-3-11(14)9-4-6-10(13)7-5-9/h4-7,11,14H,1-3,8H2. The van der Waals surface area contributed by atoms with E-state index in [4.69, 9.17) is 11.6 Å². The fraction of sp³-hybridized carbons (Fsp3) is 0.455. The van der Waals surface area contributed by atoms with E-state index in [1.807, 2.05) is 0 Å². The second kappa shape index (κ2) is 5.99. The summed E-state index contributed by atoms with van der Waals surface area (Å²) in [7, 11) is 0. The molecule has 1 aromatic rings. The summed E-state index contributed by atoms with van der Waals surface area (Å²) in [4.78, 5) is 0. The van der Waals surface area contributed by atoms with E-state index in [1.54, 1.807) is 12.1 Å². The summed E-state index contributed by atoms with van der Waals surface area (Å²) >= 11 is 5.52. The Morgan fingerprint density at radius 3 is 2.43 bits per heavy atom. The zero-order valence-corrected chi connectivity index (χ0v) is 8.67. The predicted octanol–water partition coefficient (Wildman–Crippen LogP) is 3.27. The van der Waals surface area contributed by atoms with Gasteiger partial charge >= 0.3 is 0 Å². The van der Waals surface area contributed by atoms with Crippen molar-refractivity contribution >= 4 is 11.6 Å². The molecule has 1 rings (SSSR count). The van der Waals surface area contributed by atoms with Crippen molar-refractivity contribution in [3.05, 3.63) is 35.6 Å². The van der Waals surface area contributed by atoms with E-state index >= 15 is 0 Å². The number of rotatable bonds is 5. The lowest BCUT2D eigenvalue weighted by molar-refractivity contribution is 0.164. The van der Waals surface area contributed by atoms with Crippen molar-refractivity contribution in [2.75, 3.05) is 5.88 Å². The summed E-state index contributed by atoms with van der Waals surface area (Å²) in [5, 5.41) is 9.67. The normalized spacial score (nSPS) is 12.8. The van der Waals surface area contributed by atoms with Crippen molar-refractivity contribution in [2.24, 2.45) is 0 Å². The highest BCUT2D eigenvalue weighted by Gasteiger charge is 2.06. The second-order valence-electron chi connectivity index (χ2n) is 3.25. The molecule has 78 valence electrons. The molecule has 0 aliphatic rings. The second-order valence-corrected chi connectivity index (χ2v) is 3.63. The summed E-state index contributed by atoms with van der Waals surface area (Å²) < 4.78 is 12.6. The van der Waals surface area contributed by atoms with Gasteiger partial charge in [0.1, 0.15) is 5.82 Å². The van der Waals surface area contributed by atoms with Crippen LogP contribution in [0.5, 0.6) is 0 Å². The third kappa shape index (κ3) is 3.64. The van der Waals surface area contributed by atoms with Gasteiger partial charge in [-0.3, -0.25) is 0 Å². The number of aliphatic hydroxyl groups is 1. The summed E-state index contributed by atoms with van der Waals surface area (Å²) in [5.74, 6) is 0.345. The molecule has 0 saturated carbocycles. The molecular weight excluding hydrogens is 203 g/mol. The van der Waals surface area contributed by atoms with Crippen LogP contribution in [-0.4, -0.2) is 11.0 Å². The molecule has 1 N–H and O–H groups in total. The van der Waals surface area contributed by atoms with Crippen LogP contribution in [0.4, 0.5) is 4.39 Å². The Balaban J connectivity index is 2.43. The molecular formula is C11H14ClFO. The topological polar surface area (TPSA) is 20.2 Å². The largest absolute Gasteiger partial charge is 0.388 e. The molecule has 1 nitrogen and oxygen atoms in total. The van der Waals surface area contributed by atoms with Crippen LogP contribution in [0.15, 0.2) is 24.3 Å². The van der Waals surface area contributed by atoms with E-state index in [2.05, 4.69) is 0 Å². The molecule has 0 saturated heterocycles. The quantitative estimate of drug-likeness (QED) is 0.592. The molecule has 0 heterocycles. The zero-order valence-electron chi connectivity index (χ0n) is 7.92. The van der Waals surface area contributed by atoms with E-state index < -0.39 is 6.10 Å². The highest BCUT2D eigenvalue weighted by Crippen LogP contribution is 2.19. The van der Waals surface area contributed by atoms with Gasteiger partial charge < -0.3 is 5.11 Å². The minimum atomic E-state index is -0.501. The van der Waals surface area contributed by atoms with Gasteiger partial charge in [-0.15, -0.1) is 11.6 Å². The Bertz CT molecular complexity index is 260. The van der Waals surface area contributed by atoms with Gasteiger partial charge in [-0.1, -0.05) is 12.1 Å². The van der Waals surface area contributed by atoms with E-state index in [0.29, 0.717) is 12.3 Å². The number of alkyl halides is 1. The molecule has 0 aliphatic carbocycles. The first-order valence-corrected chi connectivity index (χ1v) is 5.27. The van der Waals surface area contributed by atoms with Gasteiger partial charge in [0, 0.05) is 5.88 Å². The Labute approximate surface area is 88.5 Å². The maximum absolute atomic E-state index is 12.6. The molecule has 14 heavy (non-hydrogen) atoms. The van der Waals surface area contributed by atoms with Crippen molar-refractivity contribution in [1.29, 1.82) is 0 Å². The van der Waals surface area contributed by atoms with Crippen LogP contribution in [0, 0.1) is 5.82 Å². The van der Waals surface area contributed by atoms with Crippen molar-refractivity contribution < 1.29 is 9.50 Å². The lowest BCUT2D eigenvalue weighted by Gasteiger charge is -2.09. The van der Waals surface area contributed by atoms with E-state index in [-0.39, 0.29) is 5.82 Å². The molecule has 0 amide bonds. The monoisotopic (exact) mass is 216 g/mol. The predicted molar refractivity (Wildman–Crippen MR) is 55.9 cm³/mol. The molecule has 0 bridgehead atoms. The first-order chi connectivity index (χ1) is 6.74. The lowest BCUT2D eigenvalue weighted by atomic mass is 10.0. The first kappa shape index (κ1) is 11.5. The lowest BCUT2D eigenvalue weighted by Crippen LogP contribution is -1.97. The van der Waals surface area contributed by atoms with Crippen LogP contribution < -0.4 is 0 Å². The number of benzene rings is 1. The molecule has 0 aromatic heterocycles. The van der Waals surface area contributed by atoms with Gasteiger partial charge in [-0.05, 0) is 37.0 Å². The Morgan fingerprint density at radius 2 is 1.86 bits per heavy atom. The van der Waals surface area contributed by atoms with E-state index in [9.17, 15) is 9.50 Å². The highest BCUT2D eigenvalue weighted by atomic mass is 35.5. The summed E-state index contributed by atoms with van der Waals surface area (Å²) in [6, 6.07) is 5.95. The Morgan fingerprint density at radius 1 is 1.21 bits per heavy atom. The molecule has 1 unspecified atom stereocenters. The summed E-state index contributed by atoms with van der Waals surface area (Å²) in [6.07, 6.45) is 1.97. The number of hydrogen-bond donors (Lipinski definition) is 1. The number of halogens is 2. The molecule has 0 radical (unpaired) electrons. The molecule has 1 aromatic carbocycles.